The summed E-state index contributed by atoms with van der Waals surface area (Å²) >= 11 is 0. The van der Waals surface area contributed by atoms with Gasteiger partial charge in [0.1, 0.15) is 11.5 Å². The Hall–Kier alpha value is -3.45. The molecular formula is C22H24N2O5. The van der Waals surface area contributed by atoms with Gasteiger partial charge in [-0.25, -0.2) is 0 Å². The van der Waals surface area contributed by atoms with Crippen molar-refractivity contribution in [3.05, 3.63) is 72.2 Å². The van der Waals surface area contributed by atoms with E-state index >= 15 is 0 Å². The summed E-state index contributed by atoms with van der Waals surface area (Å²) in [4.78, 5) is 14.6. The Morgan fingerprint density at radius 3 is 2.52 bits per heavy atom. The number of ether oxygens (including phenoxy) is 2. The van der Waals surface area contributed by atoms with Crippen molar-refractivity contribution in [2.45, 2.75) is 13.1 Å². The number of anilines is 1. The Bertz CT molecular complexity index is 940. The van der Waals surface area contributed by atoms with E-state index in [-0.39, 0.29) is 18.2 Å². The predicted octanol–water partition coefficient (Wildman–Crippen LogP) is 3.64. The van der Waals surface area contributed by atoms with Crippen molar-refractivity contribution in [3.63, 3.8) is 0 Å². The van der Waals surface area contributed by atoms with Crippen LogP contribution in [0.4, 0.5) is 5.69 Å². The van der Waals surface area contributed by atoms with E-state index in [1.807, 2.05) is 23.1 Å². The summed E-state index contributed by atoms with van der Waals surface area (Å²) in [5, 5.41) is 13.0. The molecule has 1 aromatic heterocycles. The molecule has 2 aromatic carbocycles. The third kappa shape index (κ3) is 5.52. The van der Waals surface area contributed by atoms with Crippen molar-refractivity contribution in [3.8, 4) is 17.2 Å². The van der Waals surface area contributed by atoms with Crippen LogP contribution in [0.2, 0.25) is 0 Å². The SMILES string of the molecule is COc1ccc(NC(=O)CN(Cc2ccco2)Cc2ccccc2O)cc1OC. The van der Waals surface area contributed by atoms with Gasteiger partial charge in [0.25, 0.3) is 0 Å². The van der Waals surface area contributed by atoms with Crippen LogP contribution in [-0.2, 0) is 17.9 Å². The van der Waals surface area contributed by atoms with Gasteiger partial charge in [-0.05, 0) is 30.3 Å². The number of para-hydroxylation sites is 1. The molecule has 3 rings (SSSR count). The molecule has 7 nitrogen and oxygen atoms in total. The van der Waals surface area contributed by atoms with E-state index in [1.54, 1.807) is 56.9 Å². The van der Waals surface area contributed by atoms with Crippen LogP contribution in [-0.4, -0.2) is 36.7 Å². The molecule has 0 aliphatic carbocycles. The van der Waals surface area contributed by atoms with Gasteiger partial charge in [0.15, 0.2) is 11.5 Å². The summed E-state index contributed by atoms with van der Waals surface area (Å²) in [5.74, 6) is 1.85. The number of benzene rings is 2. The minimum absolute atomic E-state index is 0.114. The zero-order valence-electron chi connectivity index (χ0n) is 16.4. The highest BCUT2D eigenvalue weighted by atomic mass is 16.5. The second kappa shape index (κ2) is 9.66. The van der Waals surface area contributed by atoms with Crippen molar-refractivity contribution >= 4 is 11.6 Å². The lowest BCUT2D eigenvalue weighted by Gasteiger charge is -2.21. The number of carbonyl (C=O) groups is 1. The van der Waals surface area contributed by atoms with E-state index < -0.39 is 0 Å². The Balaban J connectivity index is 1.71. The highest BCUT2D eigenvalue weighted by Crippen LogP contribution is 2.29. The van der Waals surface area contributed by atoms with E-state index in [0.717, 1.165) is 11.3 Å². The molecule has 1 heterocycles. The normalized spacial score (nSPS) is 10.7. The van der Waals surface area contributed by atoms with Gasteiger partial charge in [-0.1, -0.05) is 18.2 Å². The molecule has 0 saturated heterocycles. The van der Waals surface area contributed by atoms with Gasteiger partial charge in [0, 0.05) is 23.9 Å². The lowest BCUT2D eigenvalue weighted by atomic mass is 10.2. The lowest BCUT2D eigenvalue weighted by Crippen LogP contribution is -2.32. The minimum atomic E-state index is -0.195. The van der Waals surface area contributed by atoms with Crippen LogP contribution >= 0.6 is 0 Å². The van der Waals surface area contributed by atoms with Crippen molar-refractivity contribution in [2.24, 2.45) is 0 Å². The number of rotatable bonds is 9. The highest BCUT2D eigenvalue weighted by molar-refractivity contribution is 5.92. The van der Waals surface area contributed by atoms with Gasteiger partial charge >= 0.3 is 0 Å². The van der Waals surface area contributed by atoms with Crippen LogP contribution in [0.25, 0.3) is 0 Å². The summed E-state index contributed by atoms with van der Waals surface area (Å²) in [6, 6.07) is 15.9. The summed E-state index contributed by atoms with van der Waals surface area (Å²) in [5.41, 5.74) is 1.34. The maximum Gasteiger partial charge on any atom is 0.238 e. The van der Waals surface area contributed by atoms with E-state index in [9.17, 15) is 9.90 Å². The largest absolute Gasteiger partial charge is 0.508 e. The first-order chi connectivity index (χ1) is 14.1. The molecule has 29 heavy (non-hydrogen) atoms. The monoisotopic (exact) mass is 396 g/mol. The number of phenols is 1. The Morgan fingerprint density at radius 1 is 1.03 bits per heavy atom. The van der Waals surface area contributed by atoms with E-state index in [2.05, 4.69) is 5.32 Å². The van der Waals surface area contributed by atoms with Gasteiger partial charge in [-0.2, -0.15) is 0 Å². The fourth-order valence-electron chi connectivity index (χ4n) is 2.99. The van der Waals surface area contributed by atoms with Crippen molar-refractivity contribution < 1.29 is 23.8 Å². The van der Waals surface area contributed by atoms with Gasteiger partial charge in [0.05, 0.1) is 33.6 Å². The highest BCUT2D eigenvalue weighted by Gasteiger charge is 2.16. The molecule has 0 fully saturated rings. The molecule has 0 spiro atoms. The molecular weight excluding hydrogens is 372 g/mol. The Morgan fingerprint density at radius 2 is 1.83 bits per heavy atom. The number of amides is 1. The first-order valence-electron chi connectivity index (χ1n) is 9.12. The van der Waals surface area contributed by atoms with Crippen LogP contribution in [0.15, 0.2) is 65.3 Å². The summed E-state index contributed by atoms with van der Waals surface area (Å²) in [7, 11) is 3.10. The molecule has 0 unspecified atom stereocenters. The van der Waals surface area contributed by atoms with Crippen LogP contribution < -0.4 is 14.8 Å². The fraction of sp³-hybridized carbons (Fsp3) is 0.227. The van der Waals surface area contributed by atoms with E-state index in [0.29, 0.717) is 30.3 Å². The Kier molecular flexibility index (Phi) is 6.76. The molecule has 0 saturated carbocycles. The number of aromatic hydroxyl groups is 1. The average molecular weight is 396 g/mol. The van der Waals surface area contributed by atoms with Gasteiger partial charge in [-0.3, -0.25) is 9.69 Å². The van der Waals surface area contributed by atoms with Crippen molar-refractivity contribution in [2.75, 3.05) is 26.1 Å². The predicted molar refractivity (Wildman–Crippen MR) is 109 cm³/mol. The molecule has 7 heteroatoms. The second-order valence-electron chi connectivity index (χ2n) is 6.47. The molecule has 3 aromatic rings. The number of methoxy groups -OCH3 is 2. The number of hydrogen-bond acceptors (Lipinski definition) is 6. The molecule has 0 aliphatic rings. The number of furan rings is 1. The van der Waals surface area contributed by atoms with Gasteiger partial charge in [0.2, 0.25) is 5.91 Å². The molecule has 1 amide bonds. The fourth-order valence-corrected chi connectivity index (χ4v) is 2.99. The van der Waals surface area contributed by atoms with E-state index in [1.165, 1.54) is 0 Å². The molecule has 0 bridgehead atoms. The first kappa shape index (κ1) is 20.3. The number of nitrogens with one attached hydrogen (secondary N) is 1. The summed E-state index contributed by atoms with van der Waals surface area (Å²) in [6.45, 7) is 0.941. The lowest BCUT2D eigenvalue weighted by molar-refractivity contribution is -0.117. The second-order valence-corrected chi connectivity index (χ2v) is 6.47. The van der Waals surface area contributed by atoms with Crippen LogP contribution in [0, 0.1) is 0 Å². The molecule has 0 radical (unpaired) electrons. The number of nitrogens with zero attached hydrogens (tertiary/aromatic N) is 1. The van der Waals surface area contributed by atoms with E-state index in [4.69, 9.17) is 13.9 Å². The van der Waals surface area contributed by atoms with Crippen LogP contribution in [0.1, 0.15) is 11.3 Å². The minimum Gasteiger partial charge on any atom is -0.508 e. The maximum atomic E-state index is 12.7. The van der Waals surface area contributed by atoms with Gasteiger partial charge in [-0.15, -0.1) is 0 Å². The van der Waals surface area contributed by atoms with Crippen molar-refractivity contribution in [1.82, 2.24) is 4.90 Å². The zero-order chi connectivity index (χ0) is 20.6. The standard InChI is InChI=1S/C22H24N2O5/c1-27-20-10-9-17(12-21(20)28-2)23-22(26)15-24(14-18-7-5-11-29-18)13-16-6-3-4-8-19(16)25/h3-12,25H,13-15H2,1-2H3,(H,23,26). The maximum absolute atomic E-state index is 12.7. The molecule has 152 valence electrons. The third-order valence-electron chi connectivity index (χ3n) is 4.38. The topological polar surface area (TPSA) is 84.2 Å². The summed E-state index contributed by atoms with van der Waals surface area (Å²) < 4.78 is 15.9. The zero-order valence-corrected chi connectivity index (χ0v) is 16.4. The van der Waals surface area contributed by atoms with Crippen molar-refractivity contribution in [1.29, 1.82) is 0 Å². The summed E-state index contributed by atoms with van der Waals surface area (Å²) in [6.07, 6.45) is 1.59. The smallest absolute Gasteiger partial charge is 0.238 e. The molecule has 0 atom stereocenters. The Labute approximate surface area is 169 Å². The molecule has 0 aliphatic heterocycles. The van der Waals surface area contributed by atoms with Crippen LogP contribution in [0.5, 0.6) is 17.2 Å². The molecule has 2 N–H and O–H groups in total. The first-order valence-corrected chi connectivity index (χ1v) is 9.12. The van der Waals surface area contributed by atoms with Crippen LogP contribution in [0.3, 0.4) is 0 Å². The quantitative estimate of drug-likeness (QED) is 0.574. The number of hydrogen-bond donors (Lipinski definition) is 2. The average Bonchev–Trinajstić information content (AvgIpc) is 3.22. The van der Waals surface area contributed by atoms with Gasteiger partial charge < -0.3 is 24.3 Å². The third-order valence-corrected chi connectivity index (χ3v) is 4.38. The number of carbonyl (C=O) groups excluding carboxylic acids is 1. The number of phenolic OH excluding ortho intramolecular Hbond substituents is 1.